The van der Waals surface area contributed by atoms with Gasteiger partial charge in [0.2, 0.25) is 5.91 Å². The van der Waals surface area contributed by atoms with Gasteiger partial charge < -0.3 is 20.3 Å². The van der Waals surface area contributed by atoms with Gasteiger partial charge in [-0.05, 0) is 70.4 Å². The van der Waals surface area contributed by atoms with Gasteiger partial charge in [-0.15, -0.1) is 0 Å². The van der Waals surface area contributed by atoms with Crippen molar-refractivity contribution in [1.82, 2.24) is 5.32 Å². The maximum Gasteiger partial charge on any atom is 0.333 e. The van der Waals surface area contributed by atoms with E-state index in [-0.39, 0.29) is 42.3 Å². The van der Waals surface area contributed by atoms with Gasteiger partial charge in [0.15, 0.2) is 0 Å². The summed E-state index contributed by atoms with van der Waals surface area (Å²) in [5.74, 6) is -2.69. The molecule has 42 heavy (non-hydrogen) atoms. The van der Waals surface area contributed by atoms with Gasteiger partial charge in [-0.1, -0.05) is 58.6 Å². The predicted octanol–water partition coefficient (Wildman–Crippen LogP) is 5.19. The first kappa shape index (κ1) is 37.2. The third-order valence-corrected chi connectivity index (χ3v) is 8.11. The SMILES string of the molecule is C=C/C=C(/C)C(O)CCC(C)/C=C/C1CCC(C)C(=O)CC(=O)NC(C)CCC(=O)C(C)C(O)C(C)/C=C(\C)C(=O)O1. The molecule has 1 aliphatic rings. The summed E-state index contributed by atoms with van der Waals surface area (Å²) in [5, 5.41) is 23.9. The van der Waals surface area contributed by atoms with E-state index in [1.165, 1.54) is 0 Å². The molecule has 8 atom stereocenters. The average molecular weight is 588 g/mol. The number of aliphatic hydroxyl groups excluding tert-OH is 2. The minimum Gasteiger partial charge on any atom is -0.455 e. The minimum atomic E-state index is -0.984. The Hall–Kier alpha value is -2.84. The third kappa shape index (κ3) is 13.4. The van der Waals surface area contributed by atoms with E-state index in [1.54, 1.807) is 52.8 Å². The lowest BCUT2D eigenvalue weighted by molar-refractivity contribution is -0.142. The van der Waals surface area contributed by atoms with Crippen molar-refractivity contribution < 1.29 is 34.1 Å². The number of carbonyl (C=O) groups excluding carboxylic acids is 4. The zero-order valence-corrected chi connectivity index (χ0v) is 26.6. The van der Waals surface area contributed by atoms with Crippen molar-refractivity contribution in [2.75, 3.05) is 0 Å². The molecule has 0 spiro atoms. The van der Waals surface area contributed by atoms with Crippen molar-refractivity contribution in [1.29, 1.82) is 0 Å². The fraction of sp³-hybridized carbons (Fsp3) is 0.647. The monoisotopic (exact) mass is 587 g/mol. The number of hydrogen-bond acceptors (Lipinski definition) is 7. The number of rotatable bonds is 7. The number of amides is 1. The van der Waals surface area contributed by atoms with Crippen LogP contribution in [0.2, 0.25) is 0 Å². The molecule has 0 saturated heterocycles. The van der Waals surface area contributed by atoms with Crippen LogP contribution in [0.4, 0.5) is 0 Å². The Balaban J connectivity index is 3.15. The summed E-state index contributed by atoms with van der Waals surface area (Å²) in [6.45, 7) is 16.1. The Kier molecular flexibility index (Phi) is 16.5. The van der Waals surface area contributed by atoms with Crippen LogP contribution in [0.1, 0.15) is 93.4 Å². The summed E-state index contributed by atoms with van der Waals surface area (Å²) in [6, 6.07) is -0.291. The van der Waals surface area contributed by atoms with Crippen LogP contribution in [0.15, 0.2) is 48.1 Å². The van der Waals surface area contributed by atoms with E-state index in [0.717, 1.165) is 5.57 Å². The molecule has 0 radical (unpaired) electrons. The Morgan fingerprint density at radius 2 is 1.76 bits per heavy atom. The molecule has 8 heteroatoms. The fourth-order valence-corrected chi connectivity index (χ4v) is 4.88. The number of ketones is 2. The molecule has 0 aromatic heterocycles. The van der Waals surface area contributed by atoms with E-state index >= 15 is 0 Å². The van der Waals surface area contributed by atoms with Crippen molar-refractivity contribution in [3.8, 4) is 0 Å². The summed E-state index contributed by atoms with van der Waals surface area (Å²) in [4.78, 5) is 51.0. The molecule has 8 unspecified atom stereocenters. The van der Waals surface area contributed by atoms with Crippen LogP contribution in [-0.4, -0.2) is 58.0 Å². The number of cyclic esters (lactones) is 1. The standard InChI is InChI=1S/C34H53NO7/c1-9-10-22(3)29(36)17-12-21(2)11-15-28-16-13-23(4)31(38)20-32(39)35-26(7)14-18-30(37)27(8)33(40)24(5)19-25(6)34(41)42-28/h9-11,15,19,21,23-24,26-29,33,36,40H,1,12-14,16-18,20H2,2-8H3,(H,35,39)/b15-11+,22-10-,25-19+. The second-order valence-electron chi connectivity index (χ2n) is 12.1. The largest absolute Gasteiger partial charge is 0.455 e. The van der Waals surface area contributed by atoms with Crippen molar-refractivity contribution in [2.24, 2.45) is 23.7 Å². The molecule has 8 nitrogen and oxygen atoms in total. The minimum absolute atomic E-state index is 0.0995. The lowest BCUT2D eigenvalue weighted by Crippen LogP contribution is -2.36. The number of ether oxygens (including phenoxy) is 1. The highest BCUT2D eigenvalue weighted by Crippen LogP contribution is 2.22. The summed E-state index contributed by atoms with van der Waals surface area (Å²) in [5.41, 5.74) is 1.17. The highest BCUT2D eigenvalue weighted by atomic mass is 16.5. The van der Waals surface area contributed by atoms with Gasteiger partial charge in [0, 0.05) is 35.8 Å². The molecule has 1 amide bonds. The molecular weight excluding hydrogens is 534 g/mol. The van der Waals surface area contributed by atoms with Gasteiger partial charge >= 0.3 is 5.97 Å². The van der Waals surface area contributed by atoms with Crippen LogP contribution >= 0.6 is 0 Å². The van der Waals surface area contributed by atoms with Crippen LogP contribution in [0.3, 0.4) is 0 Å². The lowest BCUT2D eigenvalue weighted by Gasteiger charge is -2.23. The summed E-state index contributed by atoms with van der Waals surface area (Å²) < 4.78 is 5.82. The van der Waals surface area contributed by atoms with Crippen molar-refractivity contribution in [2.45, 2.75) is 118 Å². The zero-order valence-electron chi connectivity index (χ0n) is 26.6. The van der Waals surface area contributed by atoms with E-state index in [4.69, 9.17) is 4.74 Å². The van der Waals surface area contributed by atoms with Gasteiger partial charge in [-0.25, -0.2) is 4.79 Å². The maximum absolute atomic E-state index is 13.0. The number of esters is 1. The molecule has 0 bridgehead atoms. The average Bonchev–Trinajstić information content (AvgIpc) is 2.93. The lowest BCUT2D eigenvalue weighted by atomic mass is 9.87. The van der Waals surface area contributed by atoms with E-state index in [2.05, 4.69) is 11.9 Å². The second kappa shape index (κ2) is 18.6. The van der Waals surface area contributed by atoms with Crippen LogP contribution in [0.25, 0.3) is 0 Å². The molecule has 3 N–H and O–H groups in total. The van der Waals surface area contributed by atoms with Crippen molar-refractivity contribution >= 4 is 23.4 Å². The molecule has 0 saturated carbocycles. The van der Waals surface area contributed by atoms with Crippen LogP contribution in [-0.2, 0) is 23.9 Å². The molecule has 0 aliphatic carbocycles. The molecule has 236 valence electrons. The van der Waals surface area contributed by atoms with E-state index in [9.17, 15) is 29.4 Å². The Labute approximate surface area is 252 Å². The highest BCUT2D eigenvalue weighted by molar-refractivity contribution is 5.99. The van der Waals surface area contributed by atoms with Crippen LogP contribution in [0, 0.1) is 23.7 Å². The van der Waals surface area contributed by atoms with Gasteiger partial charge in [0.25, 0.3) is 0 Å². The molecule has 1 aliphatic heterocycles. The molecule has 0 aromatic carbocycles. The van der Waals surface area contributed by atoms with Crippen LogP contribution < -0.4 is 5.32 Å². The fourth-order valence-electron chi connectivity index (χ4n) is 4.88. The van der Waals surface area contributed by atoms with E-state index in [0.29, 0.717) is 37.7 Å². The molecule has 1 rings (SSSR count). The molecule has 1 heterocycles. The molecule has 0 aromatic rings. The van der Waals surface area contributed by atoms with Gasteiger partial charge in [-0.2, -0.15) is 0 Å². The van der Waals surface area contributed by atoms with Gasteiger partial charge in [0.05, 0.1) is 18.6 Å². The smallest absolute Gasteiger partial charge is 0.333 e. The van der Waals surface area contributed by atoms with Crippen LogP contribution in [0.5, 0.6) is 0 Å². The topological polar surface area (TPSA) is 130 Å². The second-order valence-corrected chi connectivity index (χ2v) is 12.1. The van der Waals surface area contributed by atoms with Gasteiger partial charge in [0.1, 0.15) is 17.7 Å². The van der Waals surface area contributed by atoms with E-state index < -0.39 is 42.0 Å². The maximum atomic E-state index is 13.0. The van der Waals surface area contributed by atoms with Crippen molar-refractivity contribution in [3.63, 3.8) is 0 Å². The first-order valence-corrected chi connectivity index (χ1v) is 15.2. The zero-order chi connectivity index (χ0) is 32.0. The normalized spacial score (nSPS) is 31.2. The number of hydrogen-bond donors (Lipinski definition) is 3. The van der Waals surface area contributed by atoms with Crippen molar-refractivity contribution in [3.05, 3.63) is 48.1 Å². The number of allylic oxidation sites excluding steroid dienone is 3. The summed E-state index contributed by atoms with van der Waals surface area (Å²) >= 11 is 0. The predicted molar refractivity (Wildman–Crippen MR) is 165 cm³/mol. The number of aliphatic hydroxyl groups is 2. The first-order chi connectivity index (χ1) is 19.7. The van der Waals surface area contributed by atoms with Gasteiger partial charge in [-0.3, -0.25) is 14.4 Å². The summed E-state index contributed by atoms with van der Waals surface area (Å²) in [7, 11) is 0. The first-order valence-electron chi connectivity index (χ1n) is 15.2. The molecular formula is C34H53NO7. The third-order valence-electron chi connectivity index (χ3n) is 8.11. The Morgan fingerprint density at radius 3 is 2.40 bits per heavy atom. The quantitative estimate of drug-likeness (QED) is 0.162. The molecule has 0 fully saturated rings. The Bertz CT molecular complexity index is 1030. The highest BCUT2D eigenvalue weighted by Gasteiger charge is 2.28. The summed E-state index contributed by atoms with van der Waals surface area (Å²) in [6.07, 6.45) is 9.10. The number of nitrogens with one attached hydrogen (secondary N) is 1. The van der Waals surface area contributed by atoms with E-state index in [1.807, 2.05) is 26.0 Å². The number of carbonyl (C=O) groups is 4. The number of Topliss-reactive ketones (excluding diaryl/α,β-unsaturated/α-hetero) is 2. The Morgan fingerprint density at radius 1 is 1.10 bits per heavy atom.